The highest BCUT2D eigenvalue weighted by atomic mass is 19.4. The van der Waals surface area contributed by atoms with Gasteiger partial charge in [0, 0.05) is 13.6 Å². The van der Waals surface area contributed by atoms with Gasteiger partial charge in [0.05, 0.1) is 12.5 Å². The van der Waals surface area contributed by atoms with Crippen molar-refractivity contribution < 1.29 is 22.8 Å². The van der Waals surface area contributed by atoms with Crippen LogP contribution in [0.15, 0.2) is 0 Å². The summed E-state index contributed by atoms with van der Waals surface area (Å²) in [4.78, 5) is 22.7. The lowest BCUT2D eigenvalue weighted by atomic mass is 10.3. The highest BCUT2D eigenvalue weighted by Crippen LogP contribution is 2.19. The Labute approximate surface area is 89.8 Å². The first kappa shape index (κ1) is 14.2. The number of halogens is 3. The summed E-state index contributed by atoms with van der Waals surface area (Å²) in [6.45, 7) is -0.958. The van der Waals surface area contributed by atoms with Crippen LogP contribution in [0.25, 0.3) is 0 Å². The van der Waals surface area contributed by atoms with E-state index in [1.165, 1.54) is 0 Å². The third-order valence-electron chi connectivity index (χ3n) is 1.60. The van der Waals surface area contributed by atoms with Crippen molar-refractivity contribution in [2.75, 3.05) is 20.1 Å². The van der Waals surface area contributed by atoms with Gasteiger partial charge < -0.3 is 10.2 Å². The van der Waals surface area contributed by atoms with Gasteiger partial charge in [-0.1, -0.05) is 0 Å². The number of alkyl halides is 3. The Balaban J connectivity index is 4.09. The highest BCUT2D eigenvalue weighted by molar-refractivity contribution is 6.34. The van der Waals surface area contributed by atoms with Crippen LogP contribution >= 0.6 is 0 Å². The number of amides is 2. The molecule has 1 N–H and O–H groups in total. The van der Waals surface area contributed by atoms with Crippen molar-refractivity contribution in [2.45, 2.75) is 12.6 Å². The van der Waals surface area contributed by atoms with E-state index in [2.05, 4.69) is 0 Å². The Morgan fingerprint density at radius 3 is 2.44 bits per heavy atom. The van der Waals surface area contributed by atoms with E-state index in [-0.39, 0.29) is 6.54 Å². The minimum atomic E-state index is -4.38. The number of likely N-dealkylation sites (N-methyl/N-ethyl adjacent to an activating group) is 1. The summed E-state index contributed by atoms with van der Waals surface area (Å²) < 4.78 is 35.4. The van der Waals surface area contributed by atoms with Gasteiger partial charge in [-0.3, -0.25) is 9.59 Å². The molecule has 0 spiro atoms. The van der Waals surface area contributed by atoms with Crippen LogP contribution in [0.1, 0.15) is 6.42 Å². The number of rotatable bonds is 3. The summed E-state index contributed by atoms with van der Waals surface area (Å²) in [5.74, 6) is -2.19. The summed E-state index contributed by atoms with van der Waals surface area (Å²) >= 11 is 0. The maximum atomic E-state index is 11.8. The monoisotopic (exact) mass is 237 g/mol. The molecule has 0 radical (unpaired) electrons. The summed E-state index contributed by atoms with van der Waals surface area (Å²) in [6, 6.07) is 1.57. The molecule has 90 valence electrons. The second kappa shape index (κ2) is 5.95. The van der Waals surface area contributed by atoms with Crippen LogP contribution in [0.4, 0.5) is 13.2 Å². The van der Waals surface area contributed by atoms with E-state index < -0.39 is 31.0 Å². The maximum Gasteiger partial charge on any atom is 0.390 e. The van der Waals surface area contributed by atoms with Crippen molar-refractivity contribution in [3.63, 3.8) is 0 Å². The molecule has 0 fully saturated rings. The lowest BCUT2D eigenvalue weighted by Gasteiger charge is -2.16. The van der Waals surface area contributed by atoms with E-state index in [0.717, 1.165) is 7.05 Å². The molecule has 0 aromatic heterocycles. The summed E-state index contributed by atoms with van der Waals surface area (Å²) in [5.41, 5.74) is 0. The van der Waals surface area contributed by atoms with Crippen LogP contribution in [0, 0.1) is 11.3 Å². The molecule has 0 atom stereocenters. The Kier molecular flexibility index (Phi) is 5.29. The van der Waals surface area contributed by atoms with Crippen molar-refractivity contribution >= 4 is 11.8 Å². The maximum absolute atomic E-state index is 11.8. The molecule has 0 heterocycles. The molecule has 8 heteroatoms. The summed E-state index contributed by atoms with van der Waals surface area (Å²) in [5, 5.41) is 10.0. The molecule has 0 rings (SSSR count). The third kappa shape index (κ3) is 5.85. The molecule has 16 heavy (non-hydrogen) atoms. The molecule has 0 aromatic carbocycles. The fourth-order valence-corrected chi connectivity index (χ4v) is 0.765. The average molecular weight is 237 g/mol. The topological polar surface area (TPSA) is 73.2 Å². The van der Waals surface area contributed by atoms with Crippen LogP contribution < -0.4 is 5.32 Å². The van der Waals surface area contributed by atoms with Crippen LogP contribution in [0.5, 0.6) is 0 Å². The van der Waals surface area contributed by atoms with Crippen molar-refractivity contribution in [3.8, 4) is 6.07 Å². The van der Waals surface area contributed by atoms with Crippen molar-refractivity contribution in [3.05, 3.63) is 0 Å². The van der Waals surface area contributed by atoms with Crippen molar-refractivity contribution in [1.82, 2.24) is 10.2 Å². The molecule has 0 aliphatic carbocycles. The van der Waals surface area contributed by atoms with Crippen LogP contribution in [0.2, 0.25) is 0 Å². The van der Waals surface area contributed by atoms with Gasteiger partial charge in [-0.15, -0.1) is 0 Å². The van der Waals surface area contributed by atoms with Gasteiger partial charge in [0.1, 0.15) is 6.54 Å². The quantitative estimate of drug-likeness (QED) is 0.556. The number of carbonyl (C=O) groups is 2. The highest BCUT2D eigenvalue weighted by Gasteiger charge is 2.29. The summed E-state index contributed by atoms with van der Waals surface area (Å²) in [7, 11) is 1.08. The van der Waals surface area contributed by atoms with E-state index in [1.54, 1.807) is 6.07 Å². The minimum Gasteiger partial charge on any atom is -0.337 e. The second-order valence-electron chi connectivity index (χ2n) is 2.93. The summed E-state index contributed by atoms with van der Waals surface area (Å²) in [6.07, 6.45) is -5.56. The number of hydrogen-bond acceptors (Lipinski definition) is 3. The molecule has 0 saturated carbocycles. The fourth-order valence-electron chi connectivity index (χ4n) is 0.765. The van der Waals surface area contributed by atoms with Crippen LogP contribution in [-0.2, 0) is 9.59 Å². The normalized spacial score (nSPS) is 10.4. The van der Waals surface area contributed by atoms with Crippen molar-refractivity contribution in [1.29, 1.82) is 5.26 Å². The van der Waals surface area contributed by atoms with Gasteiger partial charge >= 0.3 is 18.0 Å². The number of nitrogens with zero attached hydrogens (tertiary/aromatic N) is 2. The number of nitriles is 1. The Bertz CT molecular complexity index is 309. The Morgan fingerprint density at radius 1 is 1.44 bits per heavy atom. The predicted octanol–water partition coefficient (Wildman–Crippen LogP) is 0.0370. The van der Waals surface area contributed by atoms with Gasteiger partial charge in [-0.05, 0) is 0 Å². The zero-order valence-electron chi connectivity index (χ0n) is 8.47. The van der Waals surface area contributed by atoms with E-state index >= 15 is 0 Å². The molecule has 5 nitrogen and oxygen atoms in total. The van der Waals surface area contributed by atoms with E-state index in [4.69, 9.17) is 5.26 Å². The van der Waals surface area contributed by atoms with Gasteiger partial charge in [0.25, 0.3) is 0 Å². The SMILES string of the molecule is CN(CCC(F)(F)F)C(=O)C(=O)NCC#N. The smallest absolute Gasteiger partial charge is 0.337 e. The largest absolute Gasteiger partial charge is 0.390 e. The van der Waals surface area contributed by atoms with Gasteiger partial charge in [-0.25, -0.2) is 0 Å². The fraction of sp³-hybridized carbons (Fsp3) is 0.625. The van der Waals surface area contributed by atoms with Gasteiger partial charge in [0.2, 0.25) is 0 Å². The predicted molar refractivity (Wildman–Crippen MR) is 46.9 cm³/mol. The van der Waals surface area contributed by atoms with E-state index in [9.17, 15) is 22.8 Å². The molecule has 0 aliphatic heterocycles. The lowest BCUT2D eigenvalue weighted by Crippen LogP contribution is -2.42. The lowest BCUT2D eigenvalue weighted by molar-refractivity contribution is -0.151. The minimum absolute atomic E-state index is 0.363. The number of hydrogen-bond donors (Lipinski definition) is 1. The van der Waals surface area contributed by atoms with E-state index in [0.29, 0.717) is 4.90 Å². The van der Waals surface area contributed by atoms with Crippen LogP contribution in [0.3, 0.4) is 0 Å². The molecule has 0 unspecified atom stereocenters. The molecule has 2 amide bonds. The zero-order chi connectivity index (χ0) is 12.8. The first-order valence-electron chi connectivity index (χ1n) is 4.25. The molecule has 0 aliphatic rings. The van der Waals surface area contributed by atoms with Crippen molar-refractivity contribution in [2.24, 2.45) is 0 Å². The molecule has 0 bridgehead atoms. The number of carbonyl (C=O) groups excluding carboxylic acids is 2. The van der Waals surface area contributed by atoms with Gasteiger partial charge in [0.15, 0.2) is 0 Å². The molecule has 0 saturated heterocycles. The zero-order valence-corrected chi connectivity index (χ0v) is 8.47. The molecular formula is C8H10F3N3O2. The molecule has 0 aromatic rings. The number of nitrogens with one attached hydrogen (secondary N) is 1. The second-order valence-corrected chi connectivity index (χ2v) is 2.93. The third-order valence-corrected chi connectivity index (χ3v) is 1.60. The van der Waals surface area contributed by atoms with E-state index in [1.807, 2.05) is 5.32 Å². The average Bonchev–Trinajstić information content (AvgIpc) is 2.20. The van der Waals surface area contributed by atoms with Gasteiger partial charge in [-0.2, -0.15) is 18.4 Å². The molecular weight excluding hydrogens is 227 g/mol. The first-order valence-corrected chi connectivity index (χ1v) is 4.25. The standard InChI is InChI=1S/C8H10F3N3O2/c1-14(5-2-8(9,10)11)7(16)6(15)13-4-3-12/h2,4-5H2,1H3,(H,13,15). The Morgan fingerprint density at radius 2 is 2.00 bits per heavy atom. The first-order chi connectivity index (χ1) is 7.28. The van der Waals surface area contributed by atoms with Crippen LogP contribution in [-0.4, -0.2) is 43.0 Å². The Hall–Kier alpha value is -1.78.